The van der Waals surface area contributed by atoms with Gasteiger partial charge in [-0.1, -0.05) is 30.3 Å². The molecule has 0 radical (unpaired) electrons. The van der Waals surface area contributed by atoms with E-state index in [0.717, 1.165) is 0 Å². The molecule has 0 amide bonds. The molecule has 0 atom stereocenters. The van der Waals surface area contributed by atoms with Gasteiger partial charge in [0, 0.05) is 18.7 Å². The molecule has 3 nitrogen and oxygen atoms in total. The highest BCUT2D eigenvalue weighted by Gasteiger charge is 2.15. The molecule has 0 aromatic heterocycles. The van der Waals surface area contributed by atoms with Crippen LogP contribution < -0.4 is 4.74 Å². The first-order valence-corrected chi connectivity index (χ1v) is 5.73. The molecule has 0 N–H and O–H groups in total. The standard InChI is InChI=1S/C15H13FO3/c1-18-10-19-14-9-12(16)7-8-13(14)15(17)11-5-3-2-4-6-11/h2-9H,10H2,1H3. The molecule has 0 heterocycles. The van der Waals surface area contributed by atoms with Gasteiger partial charge in [0.25, 0.3) is 0 Å². The normalized spacial score (nSPS) is 10.2. The molecule has 2 aromatic rings. The molecule has 0 aliphatic carbocycles. The second-order valence-electron chi connectivity index (χ2n) is 3.89. The van der Waals surface area contributed by atoms with Crippen LogP contribution in [0, 0.1) is 5.82 Å². The van der Waals surface area contributed by atoms with E-state index in [2.05, 4.69) is 0 Å². The van der Waals surface area contributed by atoms with Crippen molar-refractivity contribution in [3.63, 3.8) is 0 Å². The van der Waals surface area contributed by atoms with Crippen molar-refractivity contribution in [2.24, 2.45) is 0 Å². The zero-order valence-electron chi connectivity index (χ0n) is 10.4. The molecule has 0 aliphatic rings. The fraction of sp³-hybridized carbons (Fsp3) is 0.133. The van der Waals surface area contributed by atoms with Crippen LogP contribution in [0.4, 0.5) is 4.39 Å². The Morgan fingerprint density at radius 2 is 1.89 bits per heavy atom. The van der Waals surface area contributed by atoms with E-state index in [4.69, 9.17) is 9.47 Å². The topological polar surface area (TPSA) is 35.5 Å². The number of hydrogen-bond donors (Lipinski definition) is 0. The zero-order valence-corrected chi connectivity index (χ0v) is 10.4. The highest BCUT2D eigenvalue weighted by atomic mass is 19.1. The van der Waals surface area contributed by atoms with Crippen LogP contribution in [0.1, 0.15) is 15.9 Å². The summed E-state index contributed by atoms with van der Waals surface area (Å²) in [6.45, 7) is -0.0431. The van der Waals surface area contributed by atoms with E-state index < -0.39 is 5.82 Å². The van der Waals surface area contributed by atoms with Crippen molar-refractivity contribution < 1.29 is 18.7 Å². The summed E-state index contributed by atoms with van der Waals surface area (Å²) in [5, 5.41) is 0. The van der Waals surface area contributed by atoms with Crippen LogP contribution in [0.3, 0.4) is 0 Å². The summed E-state index contributed by atoms with van der Waals surface area (Å²) in [5.74, 6) is -0.502. The van der Waals surface area contributed by atoms with Crippen LogP contribution in [-0.4, -0.2) is 19.7 Å². The predicted octanol–water partition coefficient (Wildman–Crippen LogP) is 3.04. The second-order valence-corrected chi connectivity index (χ2v) is 3.89. The lowest BCUT2D eigenvalue weighted by Gasteiger charge is -2.10. The van der Waals surface area contributed by atoms with Gasteiger partial charge in [-0.05, 0) is 12.1 Å². The Balaban J connectivity index is 2.36. The van der Waals surface area contributed by atoms with E-state index in [-0.39, 0.29) is 18.3 Å². The van der Waals surface area contributed by atoms with Crippen LogP contribution in [-0.2, 0) is 4.74 Å². The van der Waals surface area contributed by atoms with Crippen LogP contribution >= 0.6 is 0 Å². The minimum atomic E-state index is -0.462. The summed E-state index contributed by atoms with van der Waals surface area (Å²) in [5.41, 5.74) is 0.834. The number of hydrogen-bond acceptors (Lipinski definition) is 3. The Morgan fingerprint density at radius 3 is 2.58 bits per heavy atom. The van der Waals surface area contributed by atoms with Gasteiger partial charge in [-0.2, -0.15) is 0 Å². The Hall–Kier alpha value is -2.20. The number of carbonyl (C=O) groups is 1. The minimum Gasteiger partial charge on any atom is -0.467 e. The fourth-order valence-electron chi connectivity index (χ4n) is 1.67. The number of halogens is 1. The average molecular weight is 260 g/mol. The summed E-state index contributed by atoms with van der Waals surface area (Å²) < 4.78 is 23.2. The van der Waals surface area contributed by atoms with Gasteiger partial charge in [-0.25, -0.2) is 4.39 Å². The largest absolute Gasteiger partial charge is 0.467 e. The Kier molecular flexibility index (Phi) is 4.26. The summed E-state index contributed by atoms with van der Waals surface area (Å²) >= 11 is 0. The van der Waals surface area contributed by atoms with Gasteiger partial charge in [0.15, 0.2) is 12.6 Å². The lowest BCUT2D eigenvalue weighted by molar-refractivity contribution is 0.0501. The highest BCUT2D eigenvalue weighted by molar-refractivity contribution is 6.10. The third kappa shape index (κ3) is 3.17. The monoisotopic (exact) mass is 260 g/mol. The molecule has 0 aliphatic heterocycles. The van der Waals surface area contributed by atoms with Gasteiger partial charge < -0.3 is 9.47 Å². The number of methoxy groups -OCH3 is 1. The van der Waals surface area contributed by atoms with Gasteiger partial charge in [-0.3, -0.25) is 4.79 Å². The Labute approximate surface area is 110 Å². The Morgan fingerprint density at radius 1 is 1.16 bits per heavy atom. The molecule has 19 heavy (non-hydrogen) atoms. The van der Waals surface area contributed by atoms with E-state index in [1.54, 1.807) is 24.3 Å². The lowest BCUT2D eigenvalue weighted by Crippen LogP contribution is -2.07. The van der Waals surface area contributed by atoms with E-state index in [0.29, 0.717) is 11.1 Å². The third-order valence-corrected chi connectivity index (χ3v) is 2.56. The second kappa shape index (κ2) is 6.11. The maximum Gasteiger partial charge on any atom is 0.196 e. The molecule has 0 saturated carbocycles. The third-order valence-electron chi connectivity index (χ3n) is 2.56. The molecule has 98 valence electrons. The van der Waals surface area contributed by atoms with Crippen molar-refractivity contribution in [2.75, 3.05) is 13.9 Å². The van der Waals surface area contributed by atoms with Crippen LogP contribution in [0.5, 0.6) is 5.75 Å². The molecule has 2 aromatic carbocycles. The smallest absolute Gasteiger partial charge is 0.196 e. The first-order valence-electron chi connectivity index (χ1n) is 5.73. The van der Waals surface area contributed by atoms with Gasteiger partial charge in [-0.15, -0.1) is 0 Å². The van der Waals surface area contributed by atoms with Gasteiger partial charge in [0.05, 0.1) is 5.56 Å². The van der Waals surface area contributed by atoms with Crippen LogP contribution in [0.2, 0.25) is 0 Å². The Bertz CT molecular complexity index is 567. The maximum atomic E-state index is 13.2. The van der Waals surface area contributed by atoms with Crippen molar-refractivity contribution in [2.45, 2.75) is 0 Å². The number of ketones is 1. The molecule has 2 rings (SSSR count). The van der Waals surface area contributed by atoms with Crippen molar-refractivity contribution >= 4 is 5.78 Å². The fourth-order valence-corrected chi connectivity index (χ4v) is 1.67. The van der Waals surface area contributed by atoms with Crippen molar-refractivity contribution in [3.8, 4) is 5.75 Å². The summed E-state index contributed by atoms with van der Waals surface area (Å²) in [6.07, 6.45) is 0. The summed E-state index contributed by atoms with van der Waals surface area (Å²) in [6, 6.07) is 12.6. The molecule has 0 unspecified atom stereocenters. The molecule has 0 bridgehead atoms. The van der Waals surface area contributed by atoms with E-state index in [9.17, 15) is 9.18 Å². The number of ether oxygens (including phenoxy) is 2. The zero-order chi connectivity index (χ0) is 13.7. The highest BCUT2D eigenvalue weighted by Crippen LogP contribution is 2.23. The number of carbonyl (C=O) groups excluding carboxylic acids is 1. The van der Waals surface area contributed by atoms with Crippen molar-refractivity contribution in [1.82, 2.24) is 0 Å². The molecule has 0 saturated heterocycles. The van der Waals surface area contributed by atoms with E-state index >= 15 is 0 Å². The average Bonchev–Trinajstić information content (AvgIpc) is 2.45. The van der Waals surface area contributed by atoms with Gasteiger partial charge in [0.1, 0.15) is 11.6 Å². The molecule has 0 fully saturated rings. The maximum absolute atomic E-state index is 13.2. The molecular weight excluding hydrogens is 247 g/mol. The van der Waals surface area contributed by atoms with Gasteiger partial charge in [0.2, 0.25) is 0 Å². The summed E-state index contributed by atoms with van der Waals surface area (Å²) in [7, 11) is 1.46. The first-order chi connectivity index (χ1) is 9.22. The van der Waals surface area contributed by atoms with Crippen molar-refractivity contribution in [1.29, 1.82) is 0 Å². The molecular formula is C15H13FO3. The molecule has 0 spiro atoms. The first kappa shape index (κ1) is 13.2. The SMILES string of the molecule is COCOc1cc(F)ccc1C(=O)c1ccccc1. The van der Waals surface area contributed by atoms with E-state index in [1.807, 2.05) is 6.07 Å². The predicted molar refractivity (Wildman–Crippen MR) is 68.8 cm³/mol. The lowest BCUT2D eigenvalue weighted by atomic mass is 10.0. The number of rotatable bonds is 5. The quantitative estimate of drug-likeness (QED) is 0.612. The van der Waals surface area contributed by atoms with Gasteiger partial charge >= 0.3 is 0 Å². The summed E-state index contributed by atoms with van der Waals surface area (Å²) in [4.78, 5) is 12.3. The molecule has 4 heteroatoms. The van der Waals surface area contributed by atoms with E-state index in [1.165, 1.54) is 25.3 Å². The van der Waals surface area contributed by atoms with Crippen LogP contribution in [0.15, 0.2) is 48.5 Å². The van der Waals surface area contributed by atoms with Crippen LogP contribution in [0.25, 0.3) is 0 Å². The minimum absolute atomic E-state index is 0.0431. The number of benzene rings is 2. The van der Waals surface area contributed by atoms with Crippen molar-refractivity contribution in [3.05, 3.63) is 65.5 Å².